The minimum Gasteiger partial charge on any atom is -0.497 e. The number of Topliss-reactive ketones (excluding diaryl/α,β-unsaturated/α-hetero) is 1. The van der Waals surface area contributed by atoms with Gasteiger partial charge in [-0.05, 0) is 93.6 Å². The number of ketones is 1. The largest absolute Gasteiger partial charge is 0.497 e. The summed E-state index contributed by atoms with van der Waals surface area (Å²) in [6, 6.07) is 20.4. The number of aryl methyl sites for hydroxylation is 1. The summed E-state index contributed by atoms with van der Waals surface area (Å²) in [6.07, 6.45) is 1.17. The molecule has 1 heterocycles. The number of carbonyl (C=O) groups excluding carboxylic acids is 3. The maximum absolute atomic E-state index is 13.9. The fourth-order valence-electron chi connectivity index (χ4n) is 5.41. The van der Waals surface area contributed by atoms with Gasteiger partial charge in [-0.25, -0.2) is 9.59 Å². The Bertz CT molecular complexity index is 1510. The smallest absolute Gasteiger partial charge is 0.329 e. The van der Waals surface area contributed by atoms with Gasteiger partial charge >= 0.3 is 12.0 Å². The van der Waals surface area contributed by atoms with Crippen molar-refractivity contribution in [3.8, 4) is 5.75 Å². The fraction of sp³-hybridized carbons (Fsp3) is 0.371. The Morgan fingerprint density at radius 2 is 1.59 bits per heavy atom. The van der Waals surface area contributed by atoms with Crippen molar-refractivity contribution in [2.24, 2.45) is 0 Å². The third-order valence-corrected chi connectivity index (χ3v) is 7.99. The molecule has 0 saturated carbocycles. The number of piperidine rings is 1. The second kappa shape index (κ2) is 15.5. The number of carbonyl (C=O) groups is 4. The number of carboxylic acids is 1. The number of hydrogen-bond donors (Lipinski definition) is 4. The van der Waals surface area contributed by atoms with Crippen LogP contribution in [0.15, 0.2) is 72.8 Å². The Kier molecular flexibility index (Phi) is 11.5. The summed E-state index contributed by atoms with van der Waals surface area (Å²) in [5.41, 5.74) is 2.37. The number of para-hydroxylation sites is 1. The fourth-order valence-corrected chi connectivity index (χ4v) is 5.41. The van der Waals surface area contributed by atoms with Crippen molar-refractivity contribution in [1.29, 1.82) is 0 Å². The van der Waals surface area contributed by atoms with Crippen molar-refractivity contribution in [2.75, 3.05) is 37.4 Å². The van der Waals surface area contributed by atoms with Crippen molar-refractivity contribution in [1.82, 2.24) is 10.2 Å². The van der Waals surface area contributed by atoms with Gasteiger partial charge in [0.15, 0.2) is 5.78 Å². The number of ether oxygens (including phenoxy) is 2. The summed E-state index contributed by atoms with van der Waals surface area (Å²) in [6.45, 7) is 5.88. The summed E-state index contributed by atoms with van der Waals surface area (Å²) in [5, 5.41) is 17.9. The van der Waals surface area contributed by atoms with Gasteiger partial charge in [0.05, 0.1) is 24.8 Å². The van der Waals surface area contributed by atoms with E-state index in [9.17, 15) is 19.2 Å². The molecule has 0 aromatic heterocycles. The number of rotatable bonds is 13. The van der Waals surface area contributed by atoms with Crippen molar-refractivity contribution < 1.29 is 33.8 Å². The third-order valence-electron chi connectivity index (χ3n) is 7.99. The summed E-state index contributed by atoms with van der Waals surface area (Å²) >= 11 is 0. The third kappa shape index (κ3) is 9.38. The van der Waals surface area contributed by atoms with Crippen LogP contribution in [-0.2, 0) is 20.7 Å². The molecule has 1 aliphatic heterocycles. The van der Waals surface area contributed by atoms with Crippen molar-refractivity contribution in [2.45, 2.75) is 57.7 Å². The summed E-state index contributed by atoms with van der Waals surface area (Å²) in [5.74, 6) is -0.683. The van der Waals surface area contributed by atoms with E-state index in [-0.39, 0.29) is 24.4 Å². The highest BCUT2D eigenvalue weighted by atomic mass is 16.5. The number of nitrogens with zero attached hydrogens (tertiary/aromatic N) is 1. The van der Waals surface area contributed by atoms with E-state index in [4.69, 9.17) is 14.6 Å². The van der Waals surface area contributed by atoms with Gasteiger partial charge in [0.2, 0.25) is 5.91 Å². The van der Waals surface area contributed by atoms with Gasteiger partial charge in [-0.15, -0.1) is 0 Å². The highest BCUT2D eigenvalue weighted by Gasteiger charge is 2.36. The van der Waals surface area contributed by atoms with E-state index in [2.05, 4.69) is 16.0 Å². The van der Waals surface area contributed by atoms with Crippen LogP contribution in [0.2, 0.25) is 0 Å². The molecule has 11 heteroatoms. The number of anilines is 2. The average molecular weight is 631 g/mol. The van der Waals surface area contributed by atoms with Crippen molar-refractivity contribution in [3.63, 3.8) is 0 Å². The molecule has 11 nitrogen and oxygen atoms in total. The second-order valence-electron chi connectivity index (χ2n) is 11.9. The highest BCUT2D eigenvalue weighted by molar-refractivity contribution is 6.04. The molecule has 1 atom stereocenters. The first-order valence-corrected chi connectivity index (χ1v) is 15.3. The Labute approximate surface area is 269 Å². The minimum absolute atomic E-state index is 0.146. The number of hydrogen-bond acceptors (Lipinski definition) is 7. The van der Waals surface area contributed by atoms with E-state index >= 15 is 0 Å². The number of benzene rings is 3. The van der Waals surface area contributed by atoms with Crippen LogP contribution < -0.4 is 20.7 Å². The molecule has 0 aliphatic carbocycles. The van der Waals surface area contributed by atoms with Crippen LogP contribution in [-0.4, -0.2) is 78.2 Å². The number of aliphatic carboxylic acids is 1. The quantitative estimate of drug-likeness (QED) is 0.195. The highest BCUT2D eigenvalue weighted by Crippen LogP contribution is 2.22. The van der Waals surface area contributed by atoms with Gasteiger partial charge in [0, 0.05) is 30.0 Å². The predicted molar refractivity (Wildman–Crippen MR) is 175 cm³/mol. The monoisotopic (exact) mass is 630 g/mol. The van der Waals surface area contributed by atoms with Crippen LogP contribution in [0.25, 0.3) is 0 Å². The van der Waals surface area contributed by atoms with Crippen LogP contribution >= 0.6 is 0 Å². The zero-order valence-electron chi connectivity index (χ0n) is 26.7. The molecule has 1 aliphatic rings. The van der Waals surface area contributed by atoms with Crippen LogP contribution in [0.5, 0.6) is 5.75 Å². The van der Waals surface area contributed by atoms with Crippen LogP contribution in [0, 0.1) is 6.92 Å². The van der Waals surface area contributed by atoms with Crippen LogP contribution in [0.3, 0.4) is 0 Å². The lowest BCUT2D eigenvalue weighted by Crippen LogP contribution is -2.58. The summed E-state index contributed by atoms with van der Waals surface area (Å²) < 4.78 is 10.7. The summed E-state index contributed by atoms with van der Waals surface area (Å²) in [7, 11) is 1.59. The lowest BCUT2D eigenvalue weighted by Gasteiger charge is -2.37. The maximum atomic E-state index is 13.9. The van der Waals surface area contributed by atoms with E-state index in [1.807, 2.05) is 55.5 Å². The molecular formula is C35H42N4O7. The van der Waals surface area contributed by atoms with E-state index in [0.717, 1.165) is 11.1 Å². The van der Waals surface area contributed by atoms with Gasteiger partial charge in [-0.3, -0.25) is 14.9 Å². The lowest BCUT2D eigenvalue weighted by atomic mass is 9.90. The van der Waals surface area contributed by atoms with E-state index < -0.39 is 23.6 Å². The number of methoxy groups -OCH3 is 1. The van der Waals surface area contributed by atoms with Crippen LogP contribution in [0.4, 0.5) is 16.2 Å². The zero-order chi connectivity index (χ0) is 33.3. The maximum Gasteiger partial charge on any atom is 0.329 e. The average Bonchev–Trinajstić information content (AvgIpc) is 3.04. The lowest BCUT2D eigenvalue weighted by molar-refractivity contribution is -0.147. The van der Waals surface area contributed by atoms with E-state index in [0.29, 0.717) is 55.0 Å². The number of carboxylic acid groups (broad SMARTS) is 1. The number of likely N-dealkylation sites (tertiary alicyclic amines) is 1. The molecule has 4 rings (SSSR count). The molecule has 3 amide bonds. The van der Waals surface area contributed by atoms with Crippen molar-refractivity contribution in [3.05, 3.63) is 89.5 Å². The second-order valence-corrected chi connectivity index (χ2v) is 11.9. The van der Waals surface area contributed by atoms with E-state index in [1.165, 1.54) is 0 Å². The van der Waals surface area contributed by atoms with Gasteiger partial charge in [-0.2, -0.15) is 0 Å². The van der Waals surface area contributed by atoms with Gasteiger partial charge in [0.25, 0.3) is 0 Å². The van der Waals surface area contributed by atoms with Gasteiger partial charge < -0.3 is 30.1 Å². The number of urea groups is 1. The van der Waals surface area contributed by atoms with Gasteiger partial charge in [-0.1, -0.05) is 30.3 Å². The Balaban J connectivity index is 1.44. The molecule has 1 saturated heterocycles. The molecule has 0 unspecified atom stereocenters. The molecule has 0 radical (unpaired) electrons. The molecule has 0 bridgehead atoms. The van der Waals surface area contributed by atoms with E-state index in [1.54, 1.807) is 50.1 Å². The number of nitrogens with one attached hydrogen (secondary N) is 3. The van der Waals surface area contributed by atoms with Crippen molar-refractivity contribution >= 4 is 35.1 Å². The van der Waals surface area contributed by atoms with Crippen LogP contribution in [0.1, 0.15) is 48.2 Å². The molecule has 1 fully saturated rings. The Hall–Kier alpha value is -4.74. The molecule has 3 aromatic carbocycles. The molecule has 244 valence electrons. The molecule has 4 N–H and O–H groups in total. The molecule has 0 spiro atoms. The Morgan fingerprint density at radius 3 is 2.20 bits per heavy atom. The molecule has 46 heavy (non-hydrogen) atoms. The summed E-state index contributed by atoms with van der Waals surface area (Å²) in [4.78, 5) is 52.8. The predicted octanol–water partition coefficient (Wildman–Crippen LogP) is 4.90. The van der Waals surface area contributed by atoms with Gasteiger partial charge in [0.1, 0.15) is 12.4 Å². The molecule has 3 aromatic rings. The standard InChI is InChI=1S/C35H42N4O7/c1-23-7-5-6-8-29(23)37-34(44)36-26-13-11-25(12-14-26)32(42)35(2,3)38-30(21-24-9-15-27(45-4)16-10-24)33(43)39-19-17-28(18-20-39)46-22-31(40)41/h5-16,28,30,38H,17-22H2,1-4H3,(H,40,41)(H2,36,37,44)/t30-/m1/s1. The first-order valence-electron chi connectivity index (χ1n) is 15.3. The zero-order valence-corrected chi connectivity index (χ0v) is 26.7. The minimum atomic E-state index is -1.12. The normalized spacial score (nSPS) is 14.3. The molecular weight excluding hydrogens is 588 g/mol. The number of amides is 3. The topological polar surface area (TPSA) is 146 Å². The first-order chi connectivity index (χ1) is 21.9. The Morgan fingerprint density at radius 1 is 0.935 bits per heavy atom. The first kappa shape index (κ1) is 34.1. The SMILES string of the molecule is COc1ccc(C[C@@H](NC(C)(C)C(=O)c2ccc(NC(=O)Nc3ccccc3C)cc2)C(=O)N2CCC(OCC(=O)O)CC2)cc1.